The van der Waals surface area contributed by atoms with Crippen molar-refractivity contribution in [3.05, 3.63) is 0 Å². The van der Waals surface area contributed by atoms with E-state index < -0.39 is 0 Å². The molecule has 2 atom stereocenters. The number of hydrogen-bond donors (Lipinski definition) is 0. The molecule has 0 aromatic carbocycles. The highest BCUT2D eigenvalue weighted by Crippen LogP contribution is 2.32. The Balaban J connectivity index is 1.63. The average molecular weight is 266 g/mol. The minimum absolute atomic E-state index is 0.509. The first-order chi connectivity index (χ1) is 9.22. The Hall–Kier alpha value is -0.120. The Morgan fingerprint density at radius 3 is 2.53 bits per heavy atom. The Labute approximate surface area is 118 Å². The van der Waals surface area contributed by atoms with Crippen LogP contribution in [0.15, 0.2) is 0 Å². The largest absolute Gasteiger partial charge is 0.377 e. The number of hydrogen-bond acceptors (Lipinski definition) is 3. The van der Waals surface area contributed by atoms with Crippen molar-refractivity contribution in [2.24, 2.45) is 11.8 Å². The zero-order chi connectivity index (χ0) is 13.2. The van der Waals surface area contributed by atoms with Crippen LogP contribution in [-0.4, -0.2) is 61.3 Å². The molecule has 110 valence electrons. The van der Waals surface area contributed by atoms with E-state index in [1.54, 1.807) is 0 Å². The van der Waals surface area contributed by atoms with Gasteiger partial charge in [-0.05, 0) is 50.6 Å². The predicted octanol–water partition coefficient (Wildman–Crippen LogP) is 2.22. The van der Waals surface area contributed by atoms with E-state index in [0.717, 1.165) is 24.5 Å². The van der Waals surface area contributed by atoms with Crippen LogP contribution in [0.1, 0.15) is 39.5 Å². The first kappa shape index (κ1) is 13.8. The number of piperidine rings is 3. The van der Waals surface area contributed by atoms with Crippen molar-refractivity contribution in [3.63, 3.8) is 0 Å². The molecule has 4 fully saturated rings. The third-order valence-electron chi connectivity index (χ3n) is 5.15. The monoisotopic (exact) mass is 266 g/mol. The van der Waals surface area contributed by atoms with Crippen molar-refractivity contribution in [1.82, 2.24) is 9.80 Å². The van der Waals surface area contributed by atoms with Gasteiger partial charge in [0.1, 0.15) is 0 Å². The lowest BCUT2D eigenvalue weighted by atomic mass is 9.82. The number of fused-ring (bicyclic) bond motifs is 3. The zero-order valence-electron chi connectivity index (χ0n) is 12.7. The molecule has 0 aromatic rings. The Morgan fingerprint density at radius 2 is 2.00 bits per heavy atom. The molecular weight excluding hydrogens is 236 g/mol. The van der Waals surface area contributed by atoms with Crippen molar-refractivity contribution in [2.45, 2.75) is 51.7 Å². The molecule has 2 bridgehead atoms. The molecule has 0 unspecified atom stereocenters. The van der Waals surface area contributed by atoms with Gasteiger partial charge in [-0.3, -0.25) is 4.90 Å². The molecule has 0 radical (unpaired) electrons. The molecule has 0 aromatic heterocycles. The van der Waals surface area contributed by atoms with Crippen LogP contribution in [-0.2, 0) is 4.74 Å². The minimum atomic E-state index is 0.509. The van der Waals surface area contributed by atoms with Gasteiger partial charge in [0.25, 0.3) is 0 Å². The molecule has 19 heavy (non-hydrogen) atoms. The molecule has 4 saturated heterocycles. The van der Waals surface area contributed by atoms with E-state index in [-0.39, 0.29) is 0 Å². The molecular formula is C16H30N2O. The summed E-state index contributed by atoms with van der Waals surface area (Å²) >= 11 is 0. The van der Waals surface area contributed by atoms with Gasteiger partial charge in [0.2, 0.25) is 0 Å². The average Bonchev–Trinajstić information content (AvgIpc) is 2.92. The van der Waals surface area contributed by atoms with Gasteiger partial charge < -0.3 is 9.64 Å². The molecule has 3 heteroatoms. The van der Waals surface area contributed by atoms with E-state index in [2.05, 4.69) is 23.6 Å². The third-order valence-corrected chi connectivity index (χ3v) is 5.15. The summed E-state index contributed by atoms with van der Waals surface area (Å²) in [4.78, 5) is 5.45. The van der Waals surface area contributed by atoms with Crippen molar-refractivity contribution < 1.29 is 4.74 Å². The molecule has 0 N–H and O–H groups in total. The molecule has 4 rings (SSSR count). The van der Waals surface area contributed by atoms with E-state index in [1.807, 2.05) is 0 Å². The van der Waals surface area contributed by atoms with Crippen molar-refractivity contribution in [1.29, 1.82) is 0 Å². The lowest BCUT2D eigenvalue weighted by Gasteiger charge is -2.50. The minimum Gasteiger partial charge on any atom is -0.377 e. The fourth-order valence-corrected chi connectivity index (χ4v) is 4.21. The number of ether oxygens (including phenoxy) is 1. The van der Waals surface area contributed by atoms with Gasteiger partial charge in [0.05, 0.1) is 6.10 Å². The summed E-state index contributed by atoms with van der Waals surface area (Å²) in [5.41, 5.74) is 0. The molecule has 4 aliphatic rings. The highest BCUT2D eigenvalue weighted by molar-refractivity contribution is 4.93. The number of nitrogens with zero attached hydrogens (tertiary/aromatic N) is 2. The second-order valence-corrected chi connectivity index (χ2v) is 7.19. The predicted molar refractivity (Wildman–Crippen MR) is 78.3 cm³/mol. The summed E-state index contributed by atoms with van der Waals surface area (Å²) in [6.07, 6.45) is 5.89. The topological polar surface area (TPSA) is 15.7 Å². The van der Waals surface area contributed by atoms with Gasteiger partial charge in [-0.1, -0.05) is 13.8 Å². The Morgan fingerprint density at radius 1 is 1.21 bits per heavy atom. The van der Waals surface area contributed by atoms with Gasteiger partial charge in [0, 0.05) is 32.3 Å². The SMILES string of the molecule is CC(C)CN(C[C@@H]1CCCO1)[C@@H]1CN2CCC1CC2. The van der Waals surface area contributed by atoms with E-state index in [4.69, 9.17) is 4.74 Å². The van der Waals surface area contributed by atoms with E-state index in [0.29, 0.717) is 6.10 Å². The zero-order valence-corrected chi connectivity index (χ0v) is 12.7. The van der Waals surface area contributed by atoms with E-state index >= 15 is 0 Å². The van der Waals surface area contributed by atoms with Crippen molar-refractivity contribution in [3.8, 4) is 0 Å². The van der Waals surface area contributed by atoms with Crippen LogP contribution >= 0.6 is 0 Å². The summed E-state index contributed by atoms with van der Waals surface area (Å²) in [6.45, 7) is 12.1. The maximum atomic E-state index is 5.88. The third kappa shape index (κ3) is 3.32. The highest BCUT2D eigenvalue weighted by atomic mass is 16.5. The molecule has 0 spiro atoms. The van der Waals surface area contributed by atoms with Gasteiger partial charge in [-0.2, -0.15) is 0 Å². The first-order valence-electron chi connectivity index (χ1n) is 8.30. The van der Waals surface area contributed by atoms with Crippen LogP contribution in [0.2, 0.25) is 0 Å². The Kier molecular flexibility index (Phi) is 4.45. The number of rotatable bonds is 5. The summed E-state index contributed by atoms with van der Waals surface area (Å²) in [6, 6.07) is 0.800. The van der Waals surface area contributed by atoms with Gasteiger partial charge in [0.15, 0.2) is 0 Å². The Bertz CT molecular complexity index is 280. The molecule has 0 amide bonds. The summed E-state index contributed by atoms with van der Waals surface area (Å²) in [5.74, 6) is 1.71. The van der Waals surface area contributed by atoms with Crippen molar-refractivity contribution in [2.75, 3.05) is 39.3 Å². The first-order valence-corrected chi connectivity index (χ1v) is 8.30. The molecule has 0 saturated carbocycles. The standard InChI is InChI=1S/C16H30N2O/c1-13(2)10-18(11-15-4-3-9-19-15)16-12-17-7-5-14(16)6-8-17/h13-16H,3-12H2,1-2H3/t15-,16+/m0/s1. The molecule has 0 aliphatic carbocycles. The van der Waals surface area contributed by atoms with E-state index in [9.17, 15) is 0 Å². The second-order valence-electron chi connectivity index (χ2n) is 7.19. The fourth-order valence-electron chi connectivity index (χ4n) is 4.21. The fraction of sp³-hybridized carbons (Fsp3) is 1.00. The van der Waals surface area contributed by atoms with Crippen LogP contribution in [0, 0.1) is 11.8 Å². The second kappa shape index (κ2) is 6.11. The maximum Gasteiger partial charge on any atom is 0.0702 e. The van der Waals surface area contributed by atoms with E-state index in [1.165, 1.54) is 58.4 Å². The molecule has 4 heterocycles. The quantitative estimate of drug-likeness (QED) is 0.759. The van der Waals surface area contributed by atoms with Crippen molar-refractivity contribution >= 4 is 0 Å². The lowest BCUT2D eigenvalue weighted by Crippen LogP contribution is -2.59. The van der Waals surface area contributed by atoms with Crippen LogP contribution in [0.3, 0.4) is 0 Å². The van der Waals surface area contributed by atoms with Gasteiger partial charge in [-0.25, -0.2) is 0 Å². The van der Waals surface area contributed by atoms with Crippen LogP contribution in [0.25, 0.3) is 0 Å². The molecule has 3 nitrogen and oxygen atoms in total. The van der Waals surface area contributed by atoms with Gasteiger partial charge in [-0.15, -0.1) is 0 Å². The van der Waals surface area contributed by atoms with Gasteiger partial charge >= 0.3 is 0 Å². The highest BCUT2D eigenvalue weighted by Gasteiger charge is 2.38. The normalized spacial score (nSPS) is 38.5. The summed E-state index contributed by atoms with van der Waals surface area (Å²) in [7, 11) is 0. The summed E-state index contributed by atoms with van der Waals surface area (Å²) in [5, 5.41) is 0. The van der Waals surface area contributed by atoms with Crippen LogP contribution in [0.5, 0.6) is 0 Å². The lowest BCUT2D eigenvalue weighted by molar-refractivity contribution is -0.0228. The summed E-state index contributed by atoms with van der Waals surface area (Å²) < 4.78 is 5.88. The van der Waals surface area contributed by atoms with Crippen LogP contribution < -0.4 is 0 Å². The smallest absolute Gasteiger partial charge is 0.0702 e. The molecule has 4 aliphatic heterocycles. The van der Waals surface area contributed by atoms with Crippen LogP contribution in [0.4, 0.5) is 0 Å². The maximum absolute atomic E-state index is 5.88.